The van der Waals surface area contributed by atoms with Crippen LogP contribution in [0, 0.1) is 0 Å². The first-order chi connectivity index (χ1) is 11.6. The third kappa shape index (κ3) is 2.89. The maximum absolute atomic E-state index is 11.7. The van der Waals surface area contributed by atoms with Gasteiger partial charge in [-0.3, -0.25) is 4.98 Å². The van der Waals surface area contributed by atoms with Crippen molar-refractivity contribution in [2.45, 2.75) is 0 Å². The monoisotopic (exact) mass is 327 g/mol. The van der Waals surface area contributed by atoms with Gasteiger partial charge in [-0.15, -0.1) is 0 Å². The minimum Gasteiger partial charge on any atom is -0.481 e. The standard InChI is InChI=1S/C16H13N3O5/c1-22-12-8-13(23-2)19-16(18-12)24-11-6-5-10-9(4-3-7-17-10)14(11)15(20)21/h3-8H,1-2H3,(H,20,21). The second-order valence-corrected chi connectivity index (χ2v) is 4.65. The summed E-state index contributed by atoms with van der Waals surface area (Å²) in [5.74, 6) is -0.580. The molecule has 0 aliphatic rings. The number of hydrogen-bond donors (Lipinski definition) is 1. The van der Waals surface area contributed by atoms with E-state index in [-0.39, 0.29) is 29.1 Å². The topological polar surface area (TPSA) is 104 Å². The SMILES string of the molecule is COc1cc(OC)nc(Oc2ccc3ncccc3c2C(=O)O)n1. The maximum atomic E-state index is 11.7. The molecule has 1 aromatic carbocycles. The minimum atomic E-state index is -1.14. The van der Waals surface area contributed by atoms with Crippen molar-refractivity contribution >= 4 is 16.9 Å². The molecular weight excluding hydrogens is 314 g/mol. The van der Waals surface area contributed by atoms with E-state index in [9.17, 15) is 9.90 Å². The third-order valence-corrected chi connectivity index (χ3v) is 3.24. The minimum absolute atomic E-state index is 0.0222. The van der Waals surface area contributed by atoms with E-state index in [2.05, 4.69) is 15.0 Å². The molecule has 8 heteroatoms. The lowest BCUT2D eigenvalue weighted by molar-refractivity contribution is 0.0696. The van der Waals surface area contributed by atoms with E-state index >= 15 is 0 Å². The molecule has 24 heavy (non-hydrogen) atoms. The number of ether oxygens (including phenoxy) is 3. The molecule has 8 nitrogen and oxygen atoms in total. The van der Waals surface area contributed by atoms with Gasteiger partial charge in [0.2, 0.25) is 11.8 Å². The van der Waals surface area contributed by atoms with Crippen molar-refractivity contribution in [2.75, 3.05) is 14.2 Å². The summed E-state index contributed by atoms with van der Waals surface area (Å²) in [6, 6.07) is 7.88. The molecule has 3 aromatic rings. The Kier molecular flexibility index (Phi) is 4.11. The molecule has 0 aliphatic heterocycles. The van der Waals surface area contributed by atoms with Crippen LogP contribution in [0.1, 0.15) is 10.4 Å². The van der Waals surface area contributed by atoms with E-state index < -0.39 is 5.97 Å². The Bertz CT molecular complexity index is 891. The van der Waals surface area contributed by atoms with Crippen LogP contribution in [0.4, 0.5) is 0 Å². The molecule has 0 fully saturated rings. The van der Waals surface area contributed by atoms with E-state index in [4.69, 9.17) is 14.2 Å². The first kappa shape index (κ1) is 15.5. The number of carboxylic acid groups (broad SMARTS) is 1. The lowest BCUT2D eigenvalue weighted by Gasteiger charge is -2.11. The van der Waals surface area contributed by atoms with Gasteiger partial charge in [-0.1, -0.05) is 6.07 Å². The molecule has 2 aromatic heterocycles. The van der Waals surface area contributed by atoms with E-state index in [0.717, 1.165) is 0 Å². The van der Waals surface area contributed by atoms with Crippen LogP contribution in [-0.4, -0.2) is 40.2 Å². The normalized spacial score (nSPS) is 10.4. The highest BCUT2D eigenvalue weighted by Crippen LogP contribution is 2.31. The molecule has 2 heterocycles. The highest BCUT2D eigenvalue weighted by Gasteiger charge is 2.18. The van der Waals surface area contributed by atoms with Gasteiger partial charge >= 0.3 is 12.0 Å². The Hall–Kier alpha value is -3.42. The predicted octanol–water partition coefficient (Wildman–Crippen LogP) is 2.53. The molecule has 0 bridgehead atoms. The molecule has 0 saturated carbocycles. The number of fused-ring (bicyclic) bond motifs is 1. The highest BCUT2D eigenvalue weighted by atomic mass is 16.5. The quantitative estimate of drug-likeness (QED) is 0.762. The smallest absolute Gasteiger partial charge is 0.340 e. The van der Waals surface area contributed by atoms with Gasteiger partial charge in [0.25, 0.3) is 0 Å². The van der Waals surface area contributed by atoms with Gasteiger partial charge in [0.05, 0.1) is 25.8 Å². The molecule has 0 spiro atoms. The number of aromatic carboxylic acids is 1. The summed E-state index contributed by atoms with van der Waals surface area (Å²) in [7, 11) is 2.88. The number of rotatable bonds is 5. The van der Waals surface area contributed by atoms with E-state index in [1.54, 1.807) is 24.4 Å². The van der Waals surface area contributed by atoms with Crippen molar-refractivity contribution in [3.8, 4) is 23.5 Å². The number of aromatic nitrogens is 3. The number of nitrogens with zero attached hydrogens (tertiary/aromatic N) is 3. The van der Waals surface area contributed by atoms with E-state index in [1.165, 1.54) is 26.4 Å². The average Bonchev–Trinajstić information content (AvgIpc) is 2.60. The van der Waals surface area contributed by atoms with Gasteiger partial charge in [0, 0.05) is 11.6 Å². The molecule has 1 N–H and O–H groups in total. The van der Waals surface area contributed by atoms with Crippen LogP contribution in [0.15, 0.2) is 36.5 Å². The second kappa shape index (κ2) is 6.37. The van der Waals surface area contributed by atoms with Gasteiger partial charge in [-0.2, -0.15) is 9.97 Å². The Labute approximate surface area is 136 Å². The summed E-state index contributed by atoms with van der Waals surface area (Å²) in [6.07, 6.45) is 1.59. The van der Waals surface area contributed by atoms with Crippen molar-refractivity contribution in [2.24, 2.45) is 0 Å². The molecule has 0 unspecified atom stereocenters. The van der Waals surface area contributed by atoms with Gasteiger partial charge in [0.1, 0.15) is 11.3 Å². The molecular formula is C16H13N3O5. The molecule has 0 saturated heterocycles. The maximum Gasteiger partial charge on any atom is 0.340 e. The van der Waals surface area contributed by atoms with Gasteiger partial charge < -0.3 is 19.3 Å². The molecule has 0 aliphatic carbocycles. The molecule has 0 amide bonds. The van der Waals surface area contributed by atoms with Crippen LogP contribution in [-0.2, 0) is 0 Å². The third-order valence-electron chi connectivity index (χ3n) is 3.24. The lowest BCUT2D eigenvalue weighted by Crippen LogP contribution is -2.04. The van der Waals surface area contributed by atoms with Crippen LogP contribution in [0.2, 0.25) is 0 Å². The Morgan fingerprint density at radius 3 is 2.42 bits per heavy atom. The largest absolute Gasteiger partial charge is 0.481 e. The van der Waals surface area contributed by atoms with Crippen molar-refractivity contribution in [3.63, 3.8) is 0 Å². The average molecular weight is 327 g/mol. The molecule has 0 atom stereocenters. The van der Waals surface area contributed by atoms with Crippen LogP contribution in [0.3, 0.4) is 0 Å². The molecule has 122 valence electrons. The van der Waals surface area contributed by atoms with Crippen molar-refractivity contribution in [1.82, 2.24) is 15.0 Å². The Morgan fingerprint density at radius 2 is 1.79 bits per heavy atom. The Morgan fingerprint density at radius 1 is 1.08 bits per heavy atom. The number of benzene rings is 1. The predicted molar refractivity (Wildman–Crippen MR) is 83.9 cm³/mol. The molecule has 0 radical (unpaired) electrons. The fourth-order valence-electron chi connectivity index (χ4n) is 2.17. The molecule has 3 rings (SSSR count). The van der Waals surface area contributed by atoms with Crippen LogP contribution >= 0.6 is 0 Å². The fraction of sp³-hybridized carbons (Fsp3) is 0.125. The summed E-state index contributed by atoms with van der Waals surface area (Å²) in [4.78, 5) is 23.9. The first-order valence-electron chi connectivity index (χ1n) is 6.88. The van der Waals surface area contributed by atoms with Crippen molar-refractivity contribution in [3.05, 3.63) is 42.1 Å². The zero-order chi connectivity index (χ0) is 17.1. The number of pyridine rings is 1. The zero-order valence-corrected chi connectivity index (χ0v) is 12.9. The van der Waals surface area contributed by atoms with Gasteiger partial charge in [-0.25, -0.2) is 4.79 Å². The first-order valence-corrected chi connectivity index (χ1v) is 6.88. The summed E-state index contributed by atoms with van der Waals surface area (Å²) in [5.41, 5.74) is 0.525. The fourth-order valence-corrected chi connectivity index (χ4v) is 2.17. The number of carboxylic acids is 1. The van der Waals surface area contributed by atoms with Crippen LogP contribution in [0.5, 0.6) is 23.5 Å². The van der Waals surface area contributed by atoms with E-state index in [0.29, 0.717) is 10.9 Å². The van der Waals surface area contributed by atoms with Crippen LogP contribution < -0.4 is 14.2 Å². The van der Waals surface area contributed by atoms with Crippen molar-refractivity contribution in [1.29, 1.82) is 0 Å². The summed E-state index contributed by atoms with van der Waals surface area (Å²) >= 11 is 0. The number of methoxy groups -OCH3 is 2. The highest BCUT2D eigenvalue weighted by molar-refractivity contribution is 6.05. The number of hydrogen-bond acceptors (Lipinski definition) is 7. The van der Waals surface area contributed by atoms with Crippen LogP contribution in [0.25, 0.3) is 10.9 Å². The van der Waals surface area contributed by atoms with Gasteiger partial charge in [-0.05, 0) is 18.2 Å². The summed E-state index contributed by atoms with van der Waals surface area (Å²) < 4.78 is 15.7. The zero-order valence-electron chi connectivity index (χ0n) is 12.9. The second-order valence-electron chi connectivity index (χ2n) is 4.65. The van der Waals surface area contributed by atoms with E-state index in [1.807, 2.05) is 0 Å². The Balaban J connectivity index is 2.10. The summed E-state index contributed by atoms with van der Waals surface area (Å²) in [6.45, 7) is 0. The van der Waals surface area contributed by atoms with Crippen molar-refractivity contribution < 1.29 is 24.1 Å². The number of carbonyl (C=O) groups is 1. The lowest BCUT2D eigenvalue weighted by atomic mass is 10.1. The van der Waals surface area contributed by atoms with Gasteiger partial charge in [0.15, 0.2) is 0 Å². The summed E-state index contributed by atoms with van der Waals surface area (Å²) in [5, 5.41) is 10.0.